The van der Waals surface area contributed by atoms with Crippen LogP contribution in [0.5, 0.6) is 5.75 Å². The zero-order valence-corrected chi connectivity index (χ0v) is 19.4. The van der Waals surface area contributed by atoms with E-state index in [9.17, 15) is 14.4 Å². The Balaban J connectivity index is 1.25. The average Bonchev–Trinajstić information content (AvgIpc) is 3.13. The van der Waals surface area contributed by atoms with Crippen LogP contribution in [0, 0.1) is 5.92 Å². The Morgan fingerprint density at radius 3 is 2.71 bits per heavy atom. The molecule has 1 aromatic carbocycles. The van der Waals surface area contributed by atoms with Gasteiger partial charge in [0.1, 0.15) is 17.6 Å². The summed E-state index contributed by atoms with van der Waals surface area (Å²) in [6.45, 7) is 0.864. The van der Waals surface area contributed by atoms with Crippen LogP contribution < -0.4 is 20.7 Å². The highest BCUT2D eigenvalue weighted by Crippen LogP contribution is 2.28. The summed E-state index contributed by atoms with van der Waals surface area (Å²) in [6.07, 6.45) is 10.1. The fourth-order valence-electron chi connectivity index (χ4n) is 4.69. The van der Waals surface area contributed by atoms with Crippen molar-refractivity contribution in [3.8, 4) is 5.75 Å². The number of rotatable bonds is 6. The largest absolute Gasteiger partial charge is 0.482 e. The lowest BCUT2D eigenvalue weighted by molar-refractivity contribution is -0.118. The lowest BCUT2D eigenvalue weighted by Gasteiger charge is -2.18. The van der Waals surface area contributed by atoms with Crippen molar-refractivity contribution in [3.63, 3.8) is 0 Å². The van der Waals surface area contributed by atoms with E-state index >= 15 is 0 Å². The van der Waals surface area contributed by atoms with Crippen molar-refractivity contribution < 1.29 is 19.1 Å². The molecule has 0 spiro atoms. The third kappa shape index (κ3) is 5.11. The Kier molecular flexibility index (Phi) is 6.60. The number of amides is 3. The zero-order valence-electron chi connectivity index (χ0n) is 19.4. The van der Waals surface area contributed by atoms with Crippen LogP contribution in [-0.4, -0.2) is 45.8 Å². The number of fused-ring (bicyclic) bond motifs is 2. The van der Waals surface area contributed by atoms with E-state index < -0.39 is 5.91 Å². The number of aromatic nitrogens is 3. The SMILES string of the molecule is O=C1COc2ccc(CNC(=O)c3ncnc4c(C(=O)NCC5CCCCCC5)c[nH]c34)cc2N1. The van der Waals surface area contributed by atoms with Gasteiger partial charge in [0.05, 0.1) is 16.8 Å². The highest BCUT2D eigenvalue weighted by atomic mass is 16.5. The van der Waals surface area contributed by atoms with Gasteiger partial charge in [-0.3, -0.25) is 14.4 Å². The molecule has 1 aliphatic heterocycles. The number of benzene rings is 1. The van der Waals surface area contributed by atoms with Gasteiger partial charge in [0, 0.05) is 19.3 Å². The number of carbonyl (C=O) groups excluding carboxylic acids is 3. The monoisotopic (exact) mass is 476 g/mol. The third-order valence-corrected chi connectivity index (χ3v) is 6.58. The first-order valence-electron chi connectivity index (χ1n) is 12.0. The minimum atomic E-state index is -0.400. The molecule has 2 aromatic heterocycles. The molecule has 0 unspecified atom stereocenters. The van der Waals surface area contributed by atoms with E-state index in [4.69, 9.17) is 4.74 Å². The molecule has 0 atom stereocenters. The van der Waals surface area contributed by atoms with E-state index in [1.165, 1.54) is 32.0 Å². The van der Waals surface area contributed by atoms with Gasteiger partial charge >= 0.3 is 0 Å². The molecule has 182 valence electrons. The van der Waals surface area contributed by atoms with Crippen molar-refractivity contribution >= 4 is 34.4 Å². The molecule has 4 N–H and O–H groups in total. The summed E-state index contributed by atoms with van der Waals surface area (Å²) in [5.74, 6) is 0.272. The van der Waals surface area contributed by atoms with Crippen molar-refractivity contribution in [2.24, 2.45) is 5.92 Å². The summed E-state index contributed by atoms with van der Waals surface area (Å²) in [5.41, 5.74) is 2.75. The van der Waals surface area contributed by atoms with Crippen LogP contribution in [-0.2, 0) is 11.3 Å². The van der Waals surface area contributed by atoms with E-state index in [-0.39, 0.29) is 30.7 Å². The number of hydrogen-bond acceptors (Lipinski definition) is 6. The molecule has 3 aromatic rings. The number of carbonyl (C=O) groups is 3. The van der Waals surface area contributed by atoms with Gasteiger partial charge in [0.15, 0.2) is 12.3 Å². The second kappa shape index (κ2) is 10.1. The van der Waals surface area contributed by atoms with Gasteiger partial charge in [0.25, 0.3) is 17.7 Å². The third-order valence-electron chi connectivity index (χ3n) is 6.58. The van der Waals surface area contributed by atoms with Gasteiger partial charge in [-0.2, -0.15) is 0 Å². The molecule has 0 bridgehead atoms. The number of anilines is 1. The molecule has 10 nitrogen and oxygen atoms in total. The van der Waals surface area contributed by atoms with Crippen LogP contribution in [0.25, 0.3) is 11.0 Å². The summed E-state index contributed by atoms with van der Waals surface area (Å²) < 4.78 is 5.36. The molecule has 0 radical (unpaired) electrons. The van der Waals surface area contributed by atoms with Gasteiger partial charge < -0.3 is 25.7 Å². The zero-order chi connectivity index (χ0) is 24.2. The summed E-state index contributed by atoms with van der Waals surface area (Å²) in [6, 6.07) is 5.33. The minimum Gasteiger partial charge on any atom is -0.482 e. The van der Waals surface area contributed by atoms with E-state index in [0.29, 0.717) is 40.5 Å². The smallest absolute Gasteiger partial charge is 0.272 e. The quantitative estimate of drug-likeness (QED) is 0.404. The number of nitrogens with one attached hydrogen (secondary N) is 4. The molecule has 3 heterocycles. The predicted molar refractivity (Wildman–Crippen MR) is 129 cm³/mol. The van der Waals surface area contributed by atoms with Crippen molar-refractivity contribution in [1.82, 2.24) is 25.6 Å². The van der Waals surface area contributed by atoms with Crippen LogP contribution in [0.15, 0.2) is 30.7 Å². The molecule has 3 amide bonds. The Morgan fingerprint density at radius 2 is 1.89 bits per heavy atom. The number of nitrogens with zero attached hydrogens (tertiary/aromatic N) is 2. The van der Waals surface area contributed by atoms with Gasteiger partial charge in [0.2, 0.25) is 0 Å². The molecular formula is C25H28N6O4. The van der Waals surface area contributed by atoms with Gasteiger partial charge in [-0.15, -0.1) is 0 Å². The van der Waals surface area contributed by atoms with Crippen molar-refractivity contribution in [2.45, 2.75) is 45.1 Å². The highest BCUT2D eigenvalue weighted by molar-refractivity contribution is 6.10. The molecule has 2 aliphatic rings. The molecule has 1 aliphatic carbocycles. The van der Waals surface area contributed by atoms with Gasteiger partial charge in [-0.05, 0) is 36.5 Å². The van der Waals surface area contributed by atoms with Crippen LogP contribution in [0.3, 0.4) is 0 Å². The summed E-state index contributed by atoms with van der Waals surface area (Å²) in [5, 5.41) is 8.62. The van der Waals surface area contributed by atoms with E-state index in [2.05, 4.69) is 30.9 Å². The summed E-state index contributed by atoms with van der Waals surface area (Å²) >= 11 is 0. The summed E-state index contributed by atoms with van der Waals surface area (Å²) in [4.78, 5) is 48.7. The molecule has 5 rings (SSSR count). The lowest BCUT2D eigenvalue weighted by Crippen LogP contribution is -2.29. The first kappa shape index (κ1) is 22.8. The molecule has 35 heavy (non-hydrogen) atoms. The number of aromatic amines is 1. The molecule has 10 heteroatoms. The fourth-order valence-corrected chi connectivity index (χ4v) is 4.69. The Morgan fingerprint density at radius 1 is 1.06 bits per heavy atom. The highest BCUT2D eigenvalue weighted by Gasteiger charge is 2.21. The van der Waals surface area contributed by atoms with Crippen LogP contribution in [0.1, 0.15) is 64.9 Å². The first-order chi connectivity index (χ1) is 17.1. The van der Waals surface area contributed by atoms with Crippen molar-refractivity contribution in [1.29, 1.82) is 0 Å². The number of hydrogen-bond donors (Lipinski definition) is 4. The molecular weight excluding hydrogens is 448 g/mol. The standard InChI is InChI=1S/C25H28N6O4/c32-20-13-35-19-8-7-16(9-18(19)31-20)11-28-25(34)23-22-21(29-14-30-23)17(12-26-22)24(33)27-10-15-5-3-1-2-4-6-15/h7-9,12,14-15,26H,1-6,10-11,13H2,(H,27,33)(H,28,34)(H,31,32). The maximum absolute atomic E-state index is 12.9. The van der Waals surface area contributed by atoms with Gasteiger partial charge in [-0.25, -0.2) is 9.97 Å². The first-order valence-corrected chi connectivity index (χ1v) is 12.0. The van der Waals surface area contributed by atoms with E-state index in [1.54, 1.807) is 18.3 Å². The van der Waals surface area contributed by atoms with Gasteiger partial charge in [-0.1, -0.05) is 31.7 Å². The lowest BCUT2D eigenvalue weighted by atomic mass is 10.0. The summed E-state index contributed by atoms with van der Waals surface area (Å²) in [7, 11) is 0. The molecule has 1 fully saturated rings. The van der Waals surface area contributed by atoms with Crippen LogP contribution >= 0.6 is 0 Å². The second-order valence-corrected chi connectivity index (χ2v) is 9.07. The maximum Gasteiger partial charge on any atom is 0.272 e. The second-order valence-electron chi connectivity index (χ2n) is 9.07. The fraction of sp³-hybridized carbons (Fsp3) is 0.400. The van der Waals surface area contributed by atoms with Crippen LogP contribution in [0.4, 0.5) is 5.69 Å². The molecule has 1 saturated carbocycles. The number of ether oxygens (including phenoxy) is 1. The predicted octanol–water partition coefficient (Wildman–Crippen LogP) is 2.92. The average molecular weight is 477 g/mol. The number of H-pyrrole nitrogens is 1. The van der Waals surface area contributed by atoms with Crippen molar-refractivity contribution in [2.75, 3.05) is 18.5 Å². The topological polar surface area (TPSA) is 138 Å². The Bertz CT molecular complexity index is 1260. The maximum atomic E-state index is 12.9. The van der Waals surface area contributed by atoms with E-state index in [0.717, 1.165) is 18.4 Å². The molecule has 0 saturated heterocycles. The normalized spacial score (nSPS) is 16.1. The Hall–Kier alpha value is -3.95. The van der Waals surface area contributed by atoms with Crippen LogP contribution in [0.2, 0.25) is 0 Å². The van der Waals surface area contributed by atoms with E-state index in [1.807, 2.05) is 6.07 Å². The minimum absolute atomic E-state index is 0.0104. The van der Waals surface area contributed by atoms with Crippen molar-refractivity contribution in [3.05, 3.63) is 47.5 Å². The Labute approximate surface area is 202 Å².